The second kappa shape index (κ2) is 5.87. The monoisotopic (exact) mass is 289 g/mol. The Kier molecular flexibility index (Phi) is 4.41. The highest BCUT2D eigenvalue weighted by molar-refractivity contribution is 7.91. The lowest BCUT2D eigenvalue weighted by Crippen LogP contribution is -2.48. The van der Waals surface area contributed by atoms with Crippen molar-refractivity contribution in [1.29, 1.82) is 0 Å². The van der Waals surface area contributed by atoms with E-state index in [4.69, 9.17) is 0 Å². The van der Waals surface area contributed by atoms with Crippen LogP contribution in [0.5, 0.6) is 0 Å². The number of carbonyl (C=O) groups excluding carboxylic acids is 2. The van der Waals surface area contributed by atoms with E-state index in [1.165, 1.54) is 0 Å². The molecule has 2 heterocycles. The minimum atomic E-state index is -3.02. The summed E-state index contributed by atoms with van der Waals surface area (Å²) in [5.41, 5.74) is 0. The molecule has 19 heavy (non-hydrogen) atoms. The molecule has 2 amide bonds. The van der Waals surface area contributed by atoms with Crippen molar-refractivity contribution >= 4 is 21.7 Å². The van der Waals surface area contributed by atoms with Gasteiger partial charge in [0.25, 0.3) is 0 Å². The van der Waals surface area contributed by atoms with Crippen LogP contribution in [0.2, 0.25) is 0 Å². The molecule has 2 rings (SSSR count). The number of sulfone groups is 1. The normalized spacial score (nSPS) is 27.5. The molecule has 0 bridgehead atoms. The molecule has 108 valence electrons. The Labute approximate surface area is 112 Å². The van der Waals surface area contributed by atoms with Crippen molar-refractivity contribution in [3.63, 3.8) is 0 Å². The number of nitrogens with one attached hydrogen (secondary N) is 2. The summed E-state index contributed by atoms with van der Waals surface area (Å²) in [6.45, 7) is 1.76. The smallest absolute Gasteiger partial charge is 0.224 e. The molecule has 0 aromatic carbocycles. The Morgan fingerprint density at radius 1 is 1.32 bits per heavy atom. The highest BCUT2D eigenvalue weighted by atomic mass is 32.2. The fraction of sp³-hybridized carbons (Fsp3) is 0.818. The standard InChI is InChI=1S/C11H19N3O4S/c15-10-1-4-14(5-2-13-10)11(16)7-9-8-19(17,18)6-3-12-9/h9,12H,1-8H2,(H,13,15). The van der Waals surface area contributed by atoms with Gasteiger partial charge in [-0.25, -0.2) is 8.42 Å². The summed E-state index contributed by atoms with van der Waals surface area (Å²) in [5, 5.41) is 5.76. The quantitative estimate of drug-likeness (QED) is 0.620. The van der Waals surface area contributed by atoms with E-state index in [0.29, 0.717) is 32.6 Å². The van der Waals surface area contributed by atoms with E-state index < -0.39 is 9.84 Å². The van der Waals surface area contributed by atoms with E-state index in [2.05, 4.69) is 10.6 Å². The minimum absolute atomic E-state index is 0.0176. The number of hydrogen-bond donors (Lipinski definition) is 2. The molecular weight excluding hydrogens is 270 g/mol. The van der Waals surface area contributed by atoms with E-state index in [1.54, 1.807) is 4.90 Å². The number of amides is 2. The van der Waals surface area contributed by atoms with Crippen LogP contribution in [0.15, 0.2) is 0 Å². The van der Waals surface area contributed by atoms with Crippen LogP contribution < -0.4 is 10.6 Å². The fourth-order valence-corrected chi connectivity index (χ4v) is 3.80. The molecule has 0 radical (unpaired) electrons. The maximum Gasteiger partial charge on any atom is 0.224 e. The maximum atomic E-state index is 12.1. The van der Waals surface area contributed by atoms with Crippen LogP contribution in [0.4, 0.5) is 0 Å². The minimum Gasteiger partial charge on any atom is -0.354 e. The van der Waals surface area contributed by atoms with Crippen molar-refractivity contribution in [2.45, 2.75) is 18.9 Å². The average Bonchev–Trinajstić information content (AvgIpc) is 2.52. The Bertz CT molecular complexity index is 463. The van der Waals surface area contributed by atoms with Crippen molar-refractivity contribution in [3.8, 4) is 0 Å². The molecule has 1 unspecified atom stereocenters. The van der Waals surface area contributed by atoms with Crippen molar-refractivity contribution in [1.82, 2.24) is 15.5 Å². The largest absolute Gasteiger partial charge is 0.354 e. The SMILES string of the molecule is O=C1CCN(C(=O)CC2CS(=O)(=O)CCN2)CCN1. The summed E-state index contributed by atoms with van der Waals surface area (Å²) in [5.74, 6) is 0.0172. The van der Waals surface area contributed by atoms with E-state index in [9.17, 15) is 18.0 Å². The van der Waals surface area contributed by atoms with Gasteiger partial charge in [-0.1, -0.05) is 0 Å². The Morgan fingerprint density at radius 3 is 2.84 bits per heavy atom. The van der Waals surface area contributed by atoms with Gasteiger partial charge in [-0.15, -0.1) is 0 Å². The van der Waals surface area contributed by atoms with Gasteiger partial charge in [0.2, 0.25) is 11.8 Å². The summed E-state index contributed by atoms with van der Waals surface area (Å²) in [6, 6.07) is -0.307. The zero-order valence-corrected chi connectivity index (χ0v) is 11.5. The molecule has 2 aliphatic heterocycles. The van der Waals surface area contributed by atoms with Crippen molar-refractivity contribution in [3.05, 3.63) is 0 Å². The number of rotatable bonds is 2. The van der Waals surface area contributed by atoms with Crippen molar-refractivity contribution in [2.75, 3.05) is 37.7 Å². The van der Waals surface area contributed by atoms with E-state index in [0.717, 1.165) is 0 Å². The number of nitrogens with zero attached hydrogens (tertiary/aromatic N) is 1. The van der Waals surface area contributed by atoms with Crippen LogP contribution in [-0.4, -0.2) is 68.9 Å². The zero-order valence-electron chi connectivity index (χ0n) is 10.7. The fourth-order valence-electron chi connectivity index (χ4n) is 2.35. The van der Waals surface area contributed by atoms with E-state index in [-0.39, 0.29) is 35.8 Å². The van der Waals surface area contributed by atoms with Gasteiger partial charge in [0, 0.05) is 45.1 Å². The van der Waals surface area contributed by atoms with E-state index in [1.807, 2.05) is 0 Å². The molecule has 0 aliphatic carbocycles. The van der Waals surface area contributed by atoms with Crippen LogP contribution in [0.1, 0.15) is 12.8 Å². The molecule has 2 aliphatic rings. The molecule has 0 aromatic heterocycles. The Hall–Kier alpha value is -1.15. The van der Waals surface area contributed by atoms with Crippen LogP contribution in [0.3, 0.4) is 0 Å². The molecule has 0 spiro atoms. The van der Waals surface area contributed by atoms with Gasteiger partial charge in [-0.3, -0.25) is 9.59 Å². The van der Waals surface area contributed by atoms with Crippen LogP contribution >= 0.6 is 0 Å². The van der Waals surface area contributed by atoms with Gasteiger partial charge >= 0.3 is 0 Å². The summed E-state index contributed by atoms with van der Waals surface area (Å²) >= 11 is 0. The van der Waals surface area contributed by atoms with Crippen LogP contribution in [0, 0.1) is 0 Å². The molecule has 0 aromatic rings. The first kappa shape index (κ1) is 14.3. The molecule has 0 saturated carbocycles. The highest BCUT2D eigenvalue weighted by Gasteiger charge is 2.28. The first-order valence-corrected chi connectivity index (χ1v) is 8.27. The summed E-state index contributed by atoms with van der Waals surface area (Å²) in [6.07, 6.45) is 0.482. The van der Waals surface area contributed by atoms with E-state index >= 15 is 0 Å². The van der Waals surface area contributed by atoms with Gasteiger partial charge in [0.15, 0.2) is 9.84 Å². The summed E-state index contributed by atoms with van der Waals surface area (Å²) in [7, 11) is -3.02. The van der Waals surface area contributed by atoms with Crippen LogP contribution in [0.25, 0.3) is 0 Å². The Balaban J connectivity index is 1.88. The molecule has 1 atom stereocenters. The lowest BCUT2D eigenvalue weighted by atomic mass is 10.2. The third kappa shape index (κ3) is 4.17. The predicted molar refractivity (Wildman–Crippen MR) is 69.3 cm³/mol. The summed E-state index contributed by atoms with van der Waals surface area (Å²) < 4.78 is 23.0. The molecule has 2 fully saturated rings. The molecule has 8 heteroatoms. The van der Waals surface area contributed by atoms with Crippen molar-refractivity contribution in [2.24, 2.45) is 0 Å². The molecule has 2 N–H and O–H groups in total. The molecular formula is C11H19N3O4S. The highest BCUT2D eigenvalue weighted by Crippen LogP contribution is 2.08. The number of carbonyl (C=O) groups is 2. The lowest BCUT2D eigenvalue weighted by Gasteiger charge is -2.26. The molecule has 7 nitrogen and oxygen atoms in total. The zero-order chi connectivity index (χ0) is 13.9. The molecule has 2 saturated heterocycles. The first-order valence-electron chi connectivity index (χ1n) is 6.44. The summed E-state index contributed by atoms with van der Waals surface area (Å²) in [4.78, 5) is 24.9. The first-order chi connectivity index (χ1) is 8.96. The van der Waals surface area contributed by atoms with Gasteiger partial charge in [-0.05, 0) is 0 Å². The number of hydrogen-bond acceptors (Lipinski definition) is 5. The lowest BCUT2D eigenvalue weighted by molar-refractivity contribution is -0.131. The van der Waals surface area contributed by atoms with Gasteiger partial charge < -0.3 is 15.5 Å². The topological polar surface area (TPSA) is 95.6 Å². The third-order valence-corrected chi connectivity index (χ3v) is 5.12. The predicted octanol–water partition coefficient (Wildman–Crippen LogP) is -1.89. The third-order valence-electron chi connectivity index (χ3n) is 3.39. The Morgan fingerprint density at radius 2 is 2.11 bits per heavy atom. The average molecular weight is 289 g/mol. The van der Waals surface area contributed by atoms with Gasteiger partial charge in [0.1, 0.15) is 0 Å². The second-order valence-corrected chi connectivity index (χ2v) is 7.18. The second-order valence-electron chi connectivity index (χ2n) is 4.95. The van der Waals surface area contributed by atoms with Crippen molar-refractivity contribution < 1.29 is 18.0 Å². The van der Waals surface area contributed by atoms with Crippen LogP contribution in [-0.2, 0) is 19.4 Å². The van der Waals surface area contributed by atoms with Gasteiger partial charge in [-0.2, -0.15) is 0 Å². The van der Waals surface area contributed by atoms with Gasteiger partial charge in [0.05, 0.1) is 11.5 Å². The maximum absolute atomic E-state index is 12.1.